The molecule has 0 aliphatic heterocycles. The fourth-order valence-electron chi connectivity index (χ4n) is 2.48. The minimum atomic E-state index is -3.28. The van der Waals surface area contributed by atoms with Gasteiger partial charge in [0.2, 0.25) is 11.8 Å². The quantitative estimate of drug-likeness (QED) is 0.813. The van der Waals surface area contributed by atoms with Gasteiger partial charge in [-0.1, -0.05) is 29.8 Å². The van der Waals surface area contributed by atoms with E-state index < -0.39 is 15.9 Å². The monoisotopic (exact) mass is 374 g/mol. The van der Waals surface area contributed by atoms with E-state index in [1.165, 1.54) is 31.2 Å². The molecule has 26 heavy (non-hydrogen) atoms. The Bertz CT molecular complexity index is 888. The zero-order chi connectivity index (χ0) is 19.3. The van der Waals surface area contributed by atoms with Crippen molar-refractivity contribution in [2.24, 2.45) is 0 Å². The van der Waals surface area contributed by atoms with Crippen LogP contribution in [0.3, 0.4) is 0 Å². The standard InChI is InChI=1S/C19H22N2O4S/c1-13-4-6-15(7-5-13)18(20-14(2)22)12-19(23)21-16-8-10-17(11-9-16)26(3,24)25/h4-11,18H,12H2,1-3H3,(H,20,22)(H,21,23)/t18-/m1/s1. The average Bonchev–Trinajstić information content (AvgIpc) is 2.54. The first kappa shape index (κ1) is 19.7. The smallest absolute Gasteiger partial charge is 0.226 e. The number of sulfone groups is 1. The normalized spacial score (nSPS) is 12.3. The Morgan fingerprint density at radius 2 is 1.58 bits per heavy atom. The summed E-state index contributed by atoms with van der Waals surface area (Å²) < 4.78 is 22.9. The summed E-state index contributed by atoms with van der Waals surface area (Å²) in [5.41, 5.74) is 2.42. The molecule has 0 bridgehead atoms. The van der Waals surface area contributed by atoms with E-state index in [0.717, 1.165) is 17.4 Å². The van der Waals surface area contributed by atoms with Crippen molar-refractivity contribution < 1.29 is 18.0 Å². The summed E-state index contributed by atoms with van der Waals surface area (Å²) in [6.45, 7) is 3.37. The van der Waals surface area contributed by atoms with Crippen molar-refractivity contribution in [2.45, 2.75) is 31.2 Å². The van der Waals surface area contributed by atoms with Crippen LogP contribution in [0.15, 0.2) is 53.4 Å². The van der Waals surface area contributed by atoms with Gasteiger partial charge in [0.05, 0.1) is 17.4 Å². The summed E-state index contributed by atoms with van der Waals surface area (Å²) in [4.78, 5) is 24.0. The lowest BCUT2D eigenvalue weighted by atomic mass is 10.0. The van der Waals surface area contributed by atoms with Gasteiger partial charge >= 0.3 is 0 Å². The van der Waals surface area contributed by atoms with E-state index >= 15 is 0 Å². The first-order valence-electron chi connectivity index (χ1n) is 8.09. The lowest BCUT2D eigenvalue weighted by molar-refractivity contribution is -0.120. The fourth-order valence-corrected chi connectivity index (χ4v) is 3.11. The van der Waals surface area contributed by atoms with Crippen LogP contribution in [-0.2, 0) is 19.4 Å². The van der Waals surface area contributed by atoms with Crippen LogP contribution >= 0.6 is 0 Å². The summed E-state index contributed by atoms with van der Waals surface area (Å²) in [6.07, 6.45) is 1.19. The number of anilines is 1. The van der Waals surface area contributed by atoms with Crippen LogP contribution in [0, 0.1) is 6.92 Å². The van der Waals surface area contributed by atoms with Crippen LogP contribution in [-0.4, -0.2) is 26.5 Å². The fraction of sp³-hybridized carbons (Fsp3) is 0.263. The number of benzene rings is 2. The van der Waals surface area contributed by atoms with Gasteiger partial charge in [-0.15, -0.1) is 0 Å². The van der Waals surface area contributed by atoms with E-state index in [-0.39, 0.29) is 23.1 Å². The Morgan fingerprint density at radius 1 is 1.00 bits per heavy atom. The predicted octanol–water partition coefficient (Wildman–Crippen LogP) is 2.60. The van der Waals surface area contributed by atoms with Crippen molar-refractivity contribution in [3.8, 4) is 0 Å². The van der Waals surface area contributed by atoms with Gasteiger partial charge in [-0.05, 0) is 36.8 Å². The van der Waals surface area contributed by atoms with Gasteiger partial charge in [-0.2, -0.15) is 0 Å². The molecule has 2 aromatic rings. The molecule has 0 heterocycles. The van der Waals surface area contributed by atoms with Crippen molar-refractivity contribution in [3.05, 3.63) is 59.7 Å². The minimum Gasteiger partial charge on any atom is -0.349 e. The van der Waals surface area contributed by atoms with Crippen molar-refractivity contribution in [3.63, 3.8) is 0 Å². The number of carbonyl (C=O) groups excluding carboxylic acids is 2. The lowest BCUT2D eigenvalue weighted by Crippen LogP contribution is -2.29. The van der Waals surface area contributed by atoms with Gasteiger partial charge < -0.3 is 10.6 Å². The lowest BCUT2D eigenvalue weighted by Gasteiger charge is -2.18. The topological polar surface area (TPSA) is 92.3 Å². The molecule has 138 valence electrons. The average molecular weight is 374 g/mol. The van der Waals surface area contributed by atoms with E-state index in [2.05, 4.69) is 10.6 Å². The summed E-state index contributed by atoms with van der Waals surface area (Å²) in [7, 11) is -3.28. The Morgan fingerprint density at radius 3 is 2.08 bits per heavy atom. The summed E-state index contributed by atoms with van der Waals surface area (Å²) in [5, 5.41) is 5.50. The highest BCUT2D eigenvalue weighted by atomic mass is 32.2. The minimum absolute atomic E-state index is 0.0659. The van der Waals surface area contributed by atoms with E-state index in [9.17, 15) is 18.0 Å². The molecule has 2 aromatic carbocycles. The molecule has 0 unspecified atom stereocenters. The number of amides is 2. The first-order valence-corrected chi connectivity index (χ1v) is 9.98. The predicted molar refractivity (Wildman–Crippen MR) is 101 cm³/mol. The van der Waals surface area contributed by atoms with E-state index in [1.807, 2.05) is 31.2 Å². The second kappa shape index (κ2) is 8.14. The number of hydrogen-bond acceptors (Lipinski definition) is 4. The molecule has 0 fully saturated rings. The van der Waals surface area contributed by atoms with Crippen LogP contribution in [0.5, 0.6) is 0 Å². The number of rotatable bonds is 6. The molecular weight excluding hydrogens is 352 g/mol. The van der Waals surface area contributed by atoms with Crippen molar-refractivity contribution in [1.29, 1.82) is 0 Å². The van der Waals surface area contributed by atoms with Crippen LogP contribution in [0.2, 0.25) is 0 Å². The summed E-state index contributed by atoms with van der Waals surface area (Å²) >= 11 is 0. The molecule has 0 saturated heterocycles. The number of aryl methyl sites for hydroxylation is 1. The second-order valence-corrected chi connectivity index (χ2v) is 8.23. The van der Waals surface area contributed by atoms with Gasteiger partial charge in [0.25, 0.3) is 0 Å². The molecular formula is C19H22N2O4S. The summed E-state index contributed by atoms with van der Waals surface area (Å²) in [6, 6.07) is 13.1. The molecule has 0 aliphatic carbocycles. The third kappa shape index (κ3) is 5.70. The number of hydrogen-bond donors (Lipinski definition) is 2. The molecule has 0 radical (unpaired) electrons. The molecule has 6 nitrogen and oxygen atoms in total. The van der Waals surface area contributed by atoms with Gasteiger partial charge in [0.15, 0.2) is 9.84 Å². The highest BCUT2D eigenvalue weighted by molar-refractivity contribution is 7.90. The number of carbonyl (C=O) groups is 2. The summed E-state index contributed by atoms with van der Waals surface area (Å²) in [5.74, 6) is -0.502. The Labute approximate surface area is 153 Å². The van der Waals surface area contributed by atoms with Crippen LogP contribution in [0.4, 0.5) is 5.69 Å². The molecule has 0 saturated carbocycles. The third-order valence-corrected chi connectivity index (χ3v) is 4.94. The first-order chi connectivity index (χ1) is 12.1. The second-order valence-electron chi connectivity index (χ2n) is 6.21. The van der Waals surface area contributed by atoms with Crippen LogP contribution in [0.1, 0.15) is 30.5 Å². The molecule has 2 amide bonds. The van der Waals surface area contributed by atoms with Crippen LogP contribution in [0.25, 0.3) is 0 Å². The number of nitrogens with one attached hydrogen (secondary N) is 2. The van der Waals surface area contributed by atoms with Crippen molar-refractivity contribution in [2.75, 3.05) is 11.6 Å². The van der Waals surface area contributed by atoms with Gasteiger partial charge in [-0.3, -0.25) is 9.59 Å². The molecule has 0 aliphatic rings. The molecule has 2 rings (SSSR count). The van der Waals surface area contributed by atoms with Crippen molar-refractivity contribution >= 4 is 27.3 Å². The maximum Gasteiger partial charge on any atom is 0.226 e. The SMILES string of the molecule is CC(=O)N[C@H](CC(=O)Nc1ccc(S(C)(=O)=O)cc1)c1ccc(C)cc1. The molecule has 0 spiro atoms. The van der Waals surface area contributed by atoms with Crippen molar-refractivity contribution in [1.82, 2.24) is 5.32 Å². The van der Waals surface area contributed by atoms with Gasteiger partial charge in [0.1, 0.15) is 0 Å². The molecule has 2 N–H and O–H groups in total. The molecule has 0 aromatic heterocycles. The van der Waals surface area contributed by atoms with E-state index in [0.29, 0.717) is 5.69 Å². The van der Waals surface area contributed by atoms with Gasteiger partial charge in [0, 0.05) is 18.9 Å². The Balaban J connectivity index is 2.09. The van der Waals surface area contributed by atoms with E-state index in [4.69, 9.17) is 0 Å². The van der Waals surface area contributed by atoms with Crippen LogP contribution < -0.4 is 10.6 Å². The highest BCUT2D eigenvalue weighted by Crippen LogP contribution is 2.19. The third-order valence-electron chi connectivity index (χ3n) is 3.81. The zero-order valence-electron chi connectivity index (χ0n) is 14.9. The Kier molecular flexibility index (Phi) is 6.15. The Hall–Kier alpha value is -2.67. The zero-order valence-corrected chi connectivity index (χ0v) is 15.8. The molecule has 1 atom stereocenters. The maximum atomic E-state index is 12.3. The largest absolute Gasteiger partial charge is 0.349 e. The molecule has 7 heteroatoms. The van der Waals surface area contributed by atoms with E-state index in [1.54, 1.807) is 0 Å². The maximum absolute atomic E-state index is 12.3. The highest BCUT2D eigenvalue weighted by Gasteiger charge is 2.17. The van der Waals surface area contributed by atoms with Gasteiger partial charge in [-0.25, -0.2) is 8.42 Å².